The van der Waals surface area contributed by atoms with Crippen molar-refractivity contribution in [2.24, 2.45) is 34.6 Å². The number of benzene rings is 2. The fraction of sp³-hybridized carbons (Fsp3) is 0.211. The number of para-hydroxylation sites is 1. The second-order valence-corrected chi connectivity index (χ2v) is 10.7. The van der Waals surface area contributed by atoms with Crippen LogP contribution in [0.4, 0.5) is 5.95 Å². The number of nitrogen functional groups attached to an aromatic ring is 1. The molecule has 12 nitrogen and oxygen atoms in total. The highest BCUT2D eigenvalue weighted by Crippen LogP contribution is 2.41. The second kappa shape index (κ2) is 9.31. The molecule has 0 amide bonds. The van der Waals surface area contributed by atoms with Crippen molar-refractivity contribution in [1.29, 1.82) is 0 Å². The number of aromatic nitrogens is 2. The highest BCUT2D eigenvalue weighted by molar-refractivity contribution is 8.15. The van der Waals surface area contributed by atoms with Crippen molar-refractivity contribution in [2.75, 3.05) is 12.3 Å². The fourth-order valence-corrected chi connectivity index (χ4v) is 6.37. The van der Waals surface area contributed by atoms with Crippen molar-refractivity contribution >= 4 is 48.6 Å². The molecule has 0 saturated carbocycles. The van der Waals surface area contributed by atoms with Gasteiger partial charge < -0.3 is 21.8 Å². The smallest absolute Gasteiger partial charge is 0.239 e. The molecule has 2 unspecified atom stereocenters. The summed E-state index contributed by atoms with van der Waals surface area (Å²) in [5.41, 5.74) is 22.0. The lowest BCUT2D eigenvalue weighted by molar-refractivity contribution is 0.571. The molecule has 14 heteroatoms. The van der Waals surface area contributed by atoms with E-state index >= 15 is 0 Å². The van der Waals surface area contributed by atoms with Gasteiger partial charge in [-0.05, 0) is 17.7 Å². The molecule has 33 heavy (non-hydrogen) atoms. The number of nitrogens with two attached hydrogens (primary N) is 5. The number of anilines is 1. The van der Waals surface area contributed by atoms with Gasteiger partial charge in [-0.2, -0.15) is 0 Å². The minimum Gasteiger partial charge on any atom is -0.382 e. The summed E-state index contributed by atoms with van der Waals surface area (Å²) in [5.74, 6) is 5.32. The van der Waals surface area contributed by atoms with Gasteiger partial charge in [-0.1, -0.05) is 35.6 Å². The lowest BCUT2D eigenvalue weighted by atomic mass is 9.97. The minimum absolute atomic E-state index is 0.0263. The van der Waals surface area contributed by atoms with Gasteiger partial charge in [-0.25, -0.2) is 34.7 Å². The van der Waals surface area contributed by atoms with Gasteiger partial charge in [0.15, 0.2) is 11.1 Å². The van der Waals surface area contributed by atoms with Gasteiger partial charge in [-0.3, -0.25) is 0 Å². The van der Waals surface area contributed by atoms with Gasteiger partial charge in [0.2, 0.25) is 16.0 Å². The number of amidine groups is 1. The summed E-state index contributed by atoms with van der Waals surface area (Å²) < 4.78 is 27.4. The van der Waals surface area contributed by atoms with E-state index in [-0.39, 0.29) is 33.7 Å². The number of nitrogens with one attached hydrogen (secondary N) is 1. The van der Waals surface area contributed by atoms with Gasteiger partial charge in [0.1, 0.15) is 4.90 Å². The Morgan fingerprint density at radius 2 is 2.00 bits per heavy atom. The van der Waals surface area contributed by atoms with Gasteiger partial charge in [-0.15, -0.1) is 5.10 Å². The third-order valence-corrected chi connectivity index (χ3v) is 8.26. The zero-order chi connectivity index (χ0) is 24.5. The first-order valence-electron chi connectivity index (χ1n) is 9.57. The third kappa shape index (κ3) is 4.35. The molecular weight excluding hydrogens is 466 g/mol. The Morgan fingerprint density at radius 3 is 2.58 bits per heavy atom. The zero-order valence-electron chi connectivity index (χ0n) is 17.9. The van der Waals surface area contributed by atoms with Crippen LogP contribution in [0.1, 0.15) is 12.5 Å². The van der Waals surface area contributed by atoms with Crippen LogP contribution in [-0.2, 0) is 21.9 Å². The summed E-state index contributed by atoms with van der Waals surface area (Å²) in [5, 5.41) is 10.9. The zero-order valence-corrected chi connectivity index (χ0v) is 19.6. The lowest BCUT2D eigenvalue weighted by Crippen LogP contribution is -2.28. The summed E-state index contributed by atoms with van der Waals surface area (Å²) >= 11 is 0. The van der Waals surface area contributed by atoms with Gasteiger partial charge in [0.05, 0.1) is 11.0 Å². The molecule has 0 bridgehead atoms. The van der Waals surface area contributed by atoms with E-state index in [9.17, 15) is 13.2 Å². The van der Waals surface area contributed by atoms with Gasteiger partial charge >= 0.3 is 0 Å². The van der Waals surface area contributed by atoms with Crippen LogP contribution in [0.5, 0.6) is 0 Å². The summed E-state index contributed by atoms with van der Waals surface area (Å²) in [6.45, 7) is 1.84. The number of fused-ring (bicyclic) bond motifs is 1. The number of aryl methyl sites for hydroxylation is 1. The number of imidazole rings is 1. The summed E-state index contributed by atoms with van der Waals surface area (Å²) in [4.78, 5) is 16.0. The monoisotopic (exact) mass is 491 g/mol. The lowest BCUT2D eigenvalue weighted by Gasteiger charge is -2.20. The molecule has 0 fully saturated rings. The van der Waals surface area contributed by atoms with Crippen LogP contribution in [0, 0.1) is 0 Å². The van der Waals surface area contributed by atoms with E-state index in [1.54, 1.807) is 36.7 Å². The number of carbonyl (C=O) groups excluding carboxylic acids is 1. The van der Waals surface area contributed by atoms with Gasteiger partial charge in [0, 0.05) is 34.9 Å². The first-order valence-corrected chi connectivity index (χ1v) is 12.4. The van der Waals surface area contributed by atoms with Crippen molar-refractivity contribution in [3.8, 4) is 11.1 Å². The first kappa shape index (κ1) is 24.4. The maximum Gasteiger partial charge on any atom is 0.239 e. The third-order valence-electron chi connectivity index (χ3n) is 5.14. The number of hydrogen-bond acceptors (Lipinski definition) is 9. The Kier molecular flexibility index (Phi) is 6.88. The number of hydrazine groups is 1. The van der Waals surface area contributed by atoms with Crippen molar-refractivity contribution in [3.05, 3.63) is 35.9 Å². The SMILES string of the molecule is CC(CN)S(=C=O)c1ccc(-c2cccc3c2nc(N)n3C)c(/C(N)=N/NN)c1S(N)(=O)=O. The predicted octanol–water partition coefficient (Wildman–Crippen LogP) is -0.404. The summed E-state index contributed by atoms with van der Waals surface area (Å²) in [6, 6.07) is 8.45. The minimum atomic E-state index is -4.40. The molecule has 0 radical (unpaired) electrons. The van der Waals surface area contributed by atoms with Crippen LogP contribution < -0.4 is 33.7 Å². The van der Waals surface area contributed by atoms with E-state index in [0.717, 1.165) is 0 Å². The number of hydrazone groups is 1. The van der Waals surface area contributed by atoms with E-state index in [1.807, 2.05) is 11.3 Å². The molecule has 11 N–H and O–H groups in total. The van der Waals surface area contributed by atoms with Crippen LogP contribution in [0.25, 0.3) is 22.2 Å². The van der Waals surface area contributed by atoms with Crippen LogP contribution in [-0.4, -0.2) is 40.8 Å². The van der Waals surface area contributed by atoms with E-state index in [1.165, 1.54) is 6.07 Å². The normalized spacial score (nSPS) is 14.2. The van der Waals surface area contributed by atoms with Crippen LogP contribution >= 0.6 is 10.5 Å². The highest BCUT2D eigenvalue weighted by Gasteiger charge is 2.29. The Labute approximate surface area is 192 Å². The van der Waals surface area contributed by atoms with Crippen LogP contribution in [0.2, 0.25) is 0 Å². The average molecular weight is 492 g/mol. The molecule has 0 aliphatic heterocycles. The highest BCUT2D eigenvalue weighted by atomic mass is 32.2. The van der Waals surface area contributed by atoms with Crippen LogP contribution in [0.15, 0.2) is 45.2 Å². The van der Waals surface area contributed by atoms with Gasteiger partial charge in [0.25, 0.3) is 0 Å². The summed E-state index contributed by atoms with van der Waals surface area (Å²) in [7, 11) is -3.96. The first-order chi connectivity index (χ1) is 15.6. The molecule has 2 atom stereocenters. The molecule has 1 heterocycles. The summed E-state index contributed by atoms with van der Waals surface area (Å²) in [6.07, 6.45) is 0. The maximum absolute atomic E-state index is 12.8. The standard InChI is InChI=1S/C19H25N9O3S2/c1-10(8-20)32(9-29)14-7-6-11(15(18(21)26-27-23)17(14)33(24,30)31)12-4-3-5-13-16(12)25-19(22)28(13)2/h3-7,10,27H,8,20,23H2,1-2H3,(H2,21,26)(H2,22,25)(H2,24,30,31). The van der Waals surface area contributed by atoms with Crippen LogP contribution in [0.3, 0.4) is 0 Å². The molecule has 3 aromatic rings. The van der Waals surface area contributed by atoms with E-state index in [4.69, 9.17) is 28.2 Å². The molecule has 0 aliphatic rings. The van der Waals surface area contributed by atoms with E-state index < -0.39 is 25.8 Å². The Bertz CT molecular complexity index is 1420. The molecule has 3 rings (SSSR count). The number of nitrogens with zero attached hydrogens (tertiary/aromatic N) is 3. The Morgan fingerprint density at radius 1 is 1.30 bits per heavy atom. The molecule has 0 aliphatic carbocycles. The largest absolute Gasteiger partial charge is 0.382 e. The number of rotatable bonds is 7. The van der Waals surface area contributed by atoms with Crippen molar-refractivity contribution < 1.29 is 13.2 Å². The molecule has 0 saturated heterocycles. The quantitative estimate of drug-likeness (QED) is 0.0829. The molecule has 1 aromatic heterocycles. The van der Waals surface area contributed by atoms with E-state index in [2.05, 4.69) is 15.6 Å². The molecule has 2 aromatic carbocycles. The van der Waals surface area contributed by atoms with Crippen molar-refractivity contribution in [2.45, 2.75) is 22.0 Å². The molecule has 0 spiro atoms. The number of hydrogen-bond donors (Lipinski definition) is 6. The average Bonchev–Trinajstić information content (AvgIpc) is 3.07. The topological polar surface area (TPSA) is 224 Å². The molecule has 176 valence electrons. The Hall–Kier alpha value is -3.26. The molecular formula is C19H25N9O3S2. The number of sulfonamides is 1. The number of primary sulfonamides is 1. The van der Waals surface area contributed by atoms with Crippen molar-refractivity contribution in [3.63, 3.8) is 0 Å². The fourth-order valence-electron chi connectivity index (χ4n) is 3.51. The Balaban J connectivity index is 2.55. The second-order valence-electron chi connectivity index (χ2n) is 7.16. The van der Waals surface area contributed by atoms with E-state index in [0.29, 0.717) is 22.2 Å². The van der Waals surface area contributed by atoms with Crippen molar-refractivity contribution in [1.82, 2.24) is 15.1 Å². The predicted molar refractivity (Wildman–Crippen MR) is 130 cm³/mol. The maximum atomic E-state index is 12.8.